The minimum Gasteiger partial charge on any atom is -0.385 e. The molecule has 0 N–H and O–H groups in total. The second kappa shape index (κ2) is 7.91. The zero-order valence-corrected chi connectivity index (χ0v) is 15.2. The highest BCUT2D eigenvalue weighted by Gasteiger charge is 2.35. The number of rotatable bonds is 5. The van der Waals surface area contributed by atoms with E-state index < -0.39 is 11.7 Å². The van der Waals surface area contributed by atoms with Crippen LogP contribution in [0.2, 0.25) is 0 Å². The molecule has 1 aliphatic rings. The number of halogens is 3. The van der Waals surface area contributed by atoms with Gasteiger partial charge in [0.1, 0.15) is 5.52 Å². The van der Waals surface area contributed by atoms with Crippen LogP contribution in [0.3, 0.4) is 0 Å². The number of alkyl halides is 3. The Morgan fingerprint density at radius 1 is 1.08 bits per heavy atom. The fraction of sp³-hybridized carbons (Fsp3) is 0.600. The third kappa shape index (κ3) is 4.17. The first-order chi connectivity index (χ1) is 12.4. The fourth-order valence-corrected chi connectivity index (χ4v) is 4.39. The van der Waals surface area contributed by atoms with Crippen LogP contribution < -0.4 is 0 Å². The van der Waals surface area contributed by atoms with Crippen molar-refractivity contribution >= 4 is 11.0 Å². The molecule has 1 aromatic carbocycles. The van der Waals surface area contributed by atoms with Crippen LogP contribution in [0.15, 0.2) is 24.5 Å². The molecule has 0 spiro atoms. The van der Waals surface area contributed by atoms with Gasteiger partial charge in [0.15, 0.2) is 0 Å². The molecule has 0 bridgehead atoms. The van der Waals surface area contributed by atoms with E-state index in [0.717, 1.165) is 37.9 Å². The molecule has 6 heteroatoms. The smallest absolute Gasteiger partial charge is 0.385 e. The van der Waals surface area contributed by atoms with Crippen LogP contribution in [0, 0.1) is 11.8 Å². The minimum absolute atomic E-state index is 0.0355. The van der Waals surface area contributed by atoms with Crippen molar-refractivity contribution in [2.45, 2.75) is 51.1 Å². The molecule has 1 heterocycles. The largest absolute Gasteiger partial charge is 0.418 e. The van der Waals surface area contributed by atoms with E-state index in [0.29, 0.717) is 17.4 Å². The molecule has 0 saturated heterocycles. The zero-order valence-electron chi connectivity index (χ0n) is 15.2. The van der Waals surface area contributed by atoms with E-state index >= 15 is 0 Å². The Kier molecular flexibility index (Phi) is 5.80. The van der Waals surface area contributed by atoms with Crippen LogP contribution in [0.4, 0.5) is 13.2 Å². The van der Waals surface area contributed by atoms with E-state index in [1.807, 2.05) is 0 Å². The topological polar surface area (TPSA) is 35.0 Å². The summed E-state index contributed by atoms with van der Waals surface area (Å²) in [7, 11) is 1.71. The van der Waals surface area contributed by atoms with Gasteiger partial charge in [0, 0.05) is 26.1 Å². The highest BCUT2D eigenvalue weighted by molar-refractivity contribution is 5.82. The molecular formula is C20H25F3N2O. The van der Waals surface area contributed by atoms with Gasteiger partial charge >= 0.3 is 6.18 Å². The third-order valence-electron chi connectivity index (χ3n) is 5.40. The molecule has 0 radical (unpaired) electrons. The highest BCUT2D eigenvalue weighted by atomic mass is 19.4. The first-order valence-corrected chi connectivity index (χ1v) is 9.20. The van der Waals surface area contributed by atoms with E-state index in [2.05, 4.69) is 16.9 Å². The van der Waals surface area contributed by atoms with Crippen molar-refractivity contribution in [3.63, 3.8) is 0 Å². The van der Waals surface area contributed by atoms with Crippen LogP contribution in [0.5, 0.6) is 0 Å². The molecule has 0 unspecified atom stereocenters. The highest BCUT2D eigenvalue weighted by Crippen LogP contribution is 2.44. The standard InChI is InChI=1S/C20H25F3N2O/c1-13-10-14(4-3-9-26-2)12-15(11-13)16-5-6-17(20(21,22)23)19-18(16)24-7-8-25-19/h5-8,13-15H,3-4,9-12H2,1-2H3/t13-,14+,15+/m1/s1. The van der Waals surface area contributed by atoms with Crippen molar-refractivity contribution in [1.29, 1.82) is 0 Å². The summed E-state index contributed by atoms with van der Waals surface area (Å²) in [6.45, 7) is 2.98. The summed E-state index contributed by atoms with van der Waals surface area (Å²) in [5, 5.41) is 0. The van der Waals surface area contributed by atoms with Crippen LogP contribution in [-0.4, -0.2) is 23.7 Å². The SMILES string of the molecule is COCCC[C@H]1C[C@@H](C)C[C@H](c2ccc(C(F)(F)F)c3nccnc23)C1. The molecule has 26 heavy (non-hydrogen) atoms. The van der Waals surface area contributed by atoms with Gasteiger partial charge in [-0.25, -0.2) is 0 Å². The normalized spacial score (nSPS) is 24.1. The van der Waals surface area contributed by atoms with Gasteiger partial charge in [0.2, 0.25) is 0 Å². The Labute approximate surface area is 152 Å². The van der Waals surface area contributed by atoms with E-state index in [1.165, 1.54) is 24.9 Å². The van der Waals surface area contributed by atoms with Crippen molar-refractivity contribution in [3.05, 3.63) is 35.7 Å². The van der Waals surface area contributed by atoms with Crippen molar-refractivity contribution in [2.75, 3.05) is 13.7 Å². The van der Waals surface area contributed by atoms with E-state index in [9.17, 15) is 13.2 Å². The Morgan fingerprint density at radius 2 is 1.81 bits per heavy atom. The van der Waals surface area contributed by atoms with E-state index in [4.69, 9.17) is 4.74 Å². The van der Waals surface area contributed by atoms with Gasteiger partial charge in [0.25, 0.3) is 0 Å². The summed E-state index contributed by atoms with van der Waals surface area (Å²) in [6.07, 6.45) is 3.66. The summed E-state index contributed by atoms with van der Waals surface area (Å²) in [4.78, 5) is 8.28. The Hall–Kier alpha value is -1.69. The first kappa shape index (κ1) is 19.1. The van der Waals surface area contributed by atoms with Crippen molar-refractivity contribution in [1.82, 2.24) is 9.97 Å². The first-order valence-electron chi connectivity index (χ1n) is 9.20. The fourth-order valence-electron chi connectivity index (χ4n) is 4.39. The summed E-state index contributed by atoms with van der Waals surface area (Å²) in [6, 6.07) is 2.79. The lowest BCUT2D eigenvalue weighted by Gasteiger charge is -2.34. The average molecular weight is 366 g/mol. The number of hydrogen-bond acceptors (Lipinski definition) is 3. The summed E-state index contributed by atoms with van der Waals surface area (Å²) in [5.41, 5.74) is 0.568. The molecule has 3 nitrogen and oxygen atoms in total. The van der Waals surface area contributed by atoms with Crippen molar-refractivity contribution < 1.29 is 17.9 Å². The van der Waals surface area contributed by atoms with Crippen LogP contribution in [-0.2, 0) is 10.9 Å². The number of ether oxygens (including phenoxy) is 1. The molecule has 1 aliphatic carbocycles. The Morgan fingerprint density at radius 3 is 2.50 bits per heavy atom. The van der Waals surface area contributed by atoms with Crippen LogP contribution in [0.1, 0.15) is 56.1 Å². The quantitative estimate of drug-likeness (QED) is 0.647. The zero-order chi connectivity index (χ0) is 18.7. The number of benzene rings is 1. The lowest BCUT2D eigenvalue weighted by molar-refractivity contribution is -0.136. The van der Waals surface area contributed by atoms with E-state index in [-0.39, 0.29) is 11.4 Å². The maximum Gasteiger partial charge on any atom is 0.418 e. The Balaban J connectivity index is 1.92. The van der Waals surface area contributed by atoms with Gasteiger partial charge in [-0.3, -0.25) is 9.97 Å². The second-order valence-electron chi connectivity index (χ2n) is 7.46. The maximum atomic E-state index is 13.3. The van der Waals surface area contributed by atoms with Crippen LogP contribution >= 0.6 is 0 Å². The summed E-state index contributed by atoms with van der Waals surface area (Å²) < 4.78 is 45.1. The molecule has 1 fully saturated rings. The number of methoxy groups -OCH3 is 1. The molecule has 1 saturated carbocycles. The van der Waals surface area contributed by atoms with Crippen molar-refractivity contribution in [2.24, 2.45) is 11.8 Å². The molecule has 0 amide bonds. The third-order valence-corrected chi connectivity index (χ3v) is 5.40. The van der Waals surface area contributed by atoms with Gasteiger partial charge in [-0.05, 0) is 61.5 Å². The lowest BCUT2D eigenvalue weighted by atomic mass is 9.71. The predicted molar refractivity (Wildman–Crippen MR) is 94.9 cm³/mol. The molecule has 2 aromatic rings. The summed E-state index contributed by atoms with van der Waals surface area (Å²) in [5.74, 6) is 1.36. The van der Waals surface area contributed by atoms with Gasteiger partial charge < -0.3 is 4.74 Å². The second-order valence-corrected chi connectivity index (χ2v) is 7.46. The minimum atomic E-state index is -4.42. The van der Waals surface area contributed by atoms with Crippen molar-refractivity contribution in [3.8, 4) is 0 Å². The average Bonchev–Trinajstić information content (AvgIpc) is 2.59. The number of fused-ring (bicyclic) bond motifs is 1. The van der Waals surface area contributed by atoms with E-state index in [1.54, 1.807) is 13.2 Å². The van der Waals surface area contributed by atoms with Gasteiger partial charge in [0.05, 0.1) is 11.1 Å². The molecule has 1 aromatic heterocycles. The number of nitrogens with zero attached hydrogens (tertiary/aromatic N) is 2. The Bertz CT molecular complexity index is 747. The molecule has 142 valence electrons. The maximum absolute atomic E-state index is 13.3. The molecule has 0 aliphatic heterocycles. The lowest BCUT2D eigenvalue weighted by Crippen LogP contribution is -2.21. The molecular weight excluding hydrogens is 341 g/mol. The summed E-state index contributed by atoms with van der Waals surface area (Å²) >= 11 is 0. The monoisotopic (exact) mass is 366 g/mol. The van der Waals surface area contributed by atoms with Gasteiger partial charge in [-0.15, -0.1) is 0 Å². The predicted octanol–water partition coefficient (Wildman–Crippen LogP) is 5.60. The van der Waals surface area contributed by atoms with Gasteiger partial charge in [-0.1, -0.05) is 13.0 Å². The number of aromatic nitrogens is 2. The molecule has 3 rings (SSSR count). The van der Waals surface area contributed by atoms with Gasteiger partial charge in [-0.2, -0.15) is 13.2 Å². The molecule has 3 atom stereocenters. The van der Waals surface area contributed by atoms with Crippen LogP contribution in [0.25, 0.3) is 11.0 Å². The number of hydrogen-bond donors (Lipinski definition) is 0.